The molecular weight excluding hydrogens is 374 g/mol. The van der Waals surface area contributed by atoms with E-state index in [1.807, 2.05) is 18.2 Å². The van der Waals surface area contributed by atoms with E-state index in [1.54, 1.807) is 7.11 Å². The molecule has 5 nitrogen and oxygen atoms in total. The van der Waals surface area contributed by atoms with Crippen LogP contribution in [0.2, 0.25) is 0 Å². The molecule has 1 heterocycles. The van der Waals surface area contributed by atoms with Crippen molar-refractivity contribution in [1.82, 2.24) is 5.32 Å². The number of nitrogens with zero attached hydrogens (tertiary/aromatic N) is 1. The van der Waals surface area contributed by atoms with Gasteiger partial charge in [0.2, 0.25) is 0 Å². The van der Waals surface area contributed by atoms with Crippen LogP contribution >= 0.6 is 0 Å². The highest BCUT2D eigenvalue weighted by Crippen LogP contribution is 2.27. The van der Waals surface area contributed by atoms with E-state index < -0.39 is 0 Å². The second-order valence-electron chi connectivity index (χ2n) is 7.16. The van der Waals surface area contributed by atoms with Gasteiger partial charge in [-0.15, -0.1) is 0 Å². The van der Waals surface area contributed by atoms with Crippen molar-refractivity contribution in [1.29, 1.82) is 0 Å². The third kappa shape index (κ3) is 5.19. The molecule has 0 aromatic heterocycles. The van der Waals surface area contributed by atoms with E-state index in [1.165, 1.54) is 5.56 Å². The highest BCUT2D eigenvalue weighted by Gasteiger charge is 2.15. The summed E-state index contributed by atoms with van der Waals surface area (Å²) >= 11 is 0. The van der Waals surface area contributed by atoms with Crippen LogP contribution in [-0.4, -0.2) is 32.8 Å². The van der Waals surface area contributed by atoms with Crippen LogP contribution in [0.25, 0.3) is 0 Å². The third-order valence-corrected chi connectivity index (χ3v) is 5.09. The van der Waals surface area contributed by atoms with Gasteiger partial charge in [0.05, 0.1) is 20.3 Å². The summed E-state index contributed by atoms with van der Waals surface area (Å²) in [4.78, 5) is 4.38. The number of hydrogen-bond acceptors (Lipinski definition) is 5. The largest absolute Gasteiger partial charge is 0.497 e. The molecule has 4 rings (SSSR count). The molecule has 2 N–H and O–H groups in total. The molecule has 1 aliphatic heterocycles. The maximum atomic E-state index is 6.36. The molecular formula is C25H27N3O2. The second-order valence-corrected chi connectivity index (χ2v) is 7.16. The molecule has 0 saturated carbocycles. The lowest BCUT2D eigenvalue weighted by Crippen LogP contribution is -2.26. The molecule has 0 radical (unpaired) electrons. The monoisotopic (exact) mass is 401 g/mol. The predicted molar refractivity (Wildman–Crippen MR) is 121 cm³/mol. The summed E-state index contributed by atoms with van der Waals surface area (Å²) in [6.07, 6.45) is 0.735. The minimum atomic E-state index is -0.111. The quantitative estimate of drug-likeness (QED) is 0.587. The van der Waals surface area contributed by atoms with Crippen LogP contribution in [0.5, 0.6) is 5.75 Å². The molecule has 1 atom stereocenters. The van der Waals surface area contributed by atoms with E-state index in [0.717, 1.165) is 48.0 Å². The van der Waals surface area contributed by atoms with Crippen LogP contribution in [0, 0.1) is 0 Å². The lowest BCUT2D eigenvalue weighted by molar-refractivity contribution is 0.0826. The Morgan fingerprint density at radius 3 is 2.33 bits per heavy atom. The van der Waals surface area contributed by atoms with Gasteiger partial charge >= 0.3 is 0 Å². The van der Waals surface area contributed by atoms with Crippen LogP contribution in [0.3, 0.4) is 0 Å². The fraction of sp³-hybridized carbons (Fsp3) is 0.240. The normalized spacial score (nSPS) is 14.0. The van der Waals surface area contributed by atoms with Gasteiger partial charge in [-0.25, -0.2) is 0 Å². The number of nitrogens with one attached hydrogen (secondary N) is 2. The third-order valence-electron chi connectivity index (χ3n) is 5.09. The van der Waals surface area contributed by atoms with Crippen molar-refractivity contribution in [2.24, 2.45) is 4.99 Å². The molecule has 0 aliphatic carbocycles. The zero-order valence-corrected chi connectivity index (χ0v) is 17.2. The predicted octanol–water partition coefficient (Wildman–Crippen LogP) is 4.42. The lowest BCUT2D eigenvalue weighted by atomic mass is 10.0. The summed E-state index contributed by atoms with van der Waals surface area (Å²) < 4.78 is 11.6. The van der Waals surface area contributed by atoms with Crippen LogP contribution in [0.1, 0.15) is 22.8 Å². The van der Waals surface area contributed by atoms with Crippen molar-refractivity contribution in [3.63, 3.8) is 0 Å². The van der Waals surface area contributed by atoms with Crippen molar-refractivity contribution in [3.8, 4) is 5.75 Å². The van der Waals surface area contributed by atoms with Gasteiger partial charge in [-0.2, -0.15) is 0 Å². The lowest BCUT2D eigenvalue weighted by Gasteiger charge is -2.20. The van der Waals surface area contributed by atoms with Gasteiger partial charge in [0.1, 0.15) is 11.9 Å². The second kappa shape index (κ2) is 9.94. The number of ether oxygens (including phenoxy) is 2. The Morgan fingerprint density at radius 2 is 1.67 bits per heavy atom. The number of anilines is 1. The Hall–Kier alpha value is -3.31. The fourth-order valence-electron chi connectivity index (χ4n) is 3.46. The van der Waals surface area contributed by atoms with Crippen molar-refractivity contribution in [3.05, 3.63) is 95.6 Å². The van der Waals surface area contributed by atoms with Crippen LogP contribution in [0.4, 0.5) is 5.69 Å². The minimum Gasteiger partial charge on any atom is -0.497 e. The van der Waals surface area contributed by atoms with Gasteiger partial charge in [-0.1, -0.05) is 54.6 Å². The first-order chi connectivity index (χ1) is 14.8. The van der Waals surface area contributed by atoms with E-state index in [0.29, 0.717) is 6.61 Å². The smallest absolute Gasteiger partial charge is 0.195 e. The van der Waals surface area contributed by atoms with Gasteiger partial charge in [-0.05, 0) is 47.4 Å². The average Bonchev–Trinajstić information content (AvgIpc) is 3.32. The molecule has 0 bridgehead atoms. The van der Waals surface area contributed by atoms with E-state index in [9.17, 15) is 0 Å². The molecule has 0 spiro atoms. The van der Waals surface area contributed by atoms with Crippen molar-refractivity contribution in [2.75, 3.05) is 32.1 Å². The van der Waals surface area contributed by atoms with Gasteiger partial charge in [0.25, 0.3) is 0 Å². The van der Waals surface area contributed by atoms with E-state index in [-0.39, 0.29) is 6.10 Å². The van der Waals surface area contributed by atoms with Gasteiger partial charge < -0.3 is 20.1 Å². The summed E-state index contributed by atoms with van der Waals surface area (Å²) in [5.41, 5.74) is 4.52. The van der Waals surface area contributed by atoms with E-state index in [2.05, 4.69) is 76.3 Å². The van der Waals surface area contributed by atoms with Crippen LogP contribution in [-0.2, 0) is 11.2 Å². The van der Waals surface area contributed by atoms with Crippen LogP contribution < -0.4 is 15.4 Å². The van der Waals surface area contributed by atoms with Crippen LogP contribution in [0.15, 0.2) is 83.9 Å². The summed E-state index contributed by atoms with van der Waals surface area (Å²) in [6.45, 7) is 2.34. The number of hydrogen-bond donors (Lipinski definition) is 2. The standard InChI is InChI=1S/C25H27N3O2/c1-29-23-13-7-19(8-14-23)15-18-30-24(20-5-3-2-4-6-20)21-9-11-22(12-10-21)28-25-26-16-17-27-25/h2-14,24H,15-18H2,1H3,(H2,26,27,28). The topological polar surface area (TPSA) is 54.9 Å². The number of methoxy groups -OCH3 is 1. The summed E-state index contributed by atoms with van der Waals surface area (Å²) in [7, 11) is 1.68. The highest BCUT2D eigenvalue weighted by atomic mass is 16.5. The van der Waals surface area contributed by atoms with E-state index >= 15 is 0 Å². The Labute approximate surface area is 177 Å². The Kier molecular flexibility index (Phi) is 6.62. The first-order valence-corrected chi connectivity index (χ1v) is 10.3. The summed E-state index contributed by atoms with van der Waals surface area (Å²) in [6, 6.07) is 26.9. The molecule has 154 valence electrons. The SMILES string of the molecule is COc1ccc(CCOC(c2ccccc2)c2ccc(NC3=NCCN3)cc2)cc1. The zero-order chi connectivity index (χ0) is 20.6. The molecule has 3 aromatic rings. The molecule has 30 heavy (non-hydrogen) atoms. The Balaban J connectivity index is 1.44. The zero-order valence-electron chi connectivity index (χ0n) is 17.2. The van der Waals surface area contributed by atoms with Crippen molar-refractivity contribution in [2.45, 2.75) is 12.5 Å². The average molecular weight is 402 g/mol. The minimum absolute atomic E-state index is 0.111. The fourth-order valence-corrected chi connectivity index (χ4v) is 3.46. The molecule has 5 heteroatoms. The molecule has 1 unspecified atom stereocenters. The molecule has 3 aromatic carbocycles. The number of aliphatic imine (C=N–C) groups is 1. The summed E-state index contributed by atoms with van der Waals surface area (Å²) in [5.74, 6) is 1.70. The number of benzene rings is 3. The van der Waals surface area contributed by atoms with Crippen molar-refractivity contribution >= 4 is 11.6 Å². The Morgan fingerprint density at radius 1 is 0.933 bits per heavy atom. The maximum absolute atomic E-state index is 6.36. The van der Waals surface area contributed by atoms with Gasteiger partial charge in [-0.3, -0.25) is 4.99 Å². The molecule has 1 aliphatic rings. The van der Waals surface area contributed by atoms with Crippen molar-refractivity contribution < 1.29 is 9.47 Å². The first kappa shape index (κ1) is 20.0. The highest BCUT2D eigenvalue weighted by molar-refractivity contribution is 5.94. The first-order valence-electron chi connectivity index (χ1n) is 10.3. The Bertz CT molecular complexity index is 954. The number of rotatable bonds is 8. The summed E-state index contributed by atoms with van der Waals surface area (Å²) in [5, 5.41) is 6.53. The van der Waals surface area contributed by atoms with Gasteiger partial charge in [0.15, 0.2) is 5.96 Å². The maximum Gasteiger partial charge on any atom is 0.195 e. The molecule has 0 amide bonds. The van der Waals surface area contributed by atoms with E-state index in [4.69, 9.17) is 9.47 Å². The van der Waals surface area contributed by atoms with Gasteiger partial charge in [0, 0.05) is 12.2 Å². The molecule has 0 fully saturated rings. The molecule has 0 saturated heterocycles. The number of guanidine groups is 1.